The molecule has 95 heavy (non-hydrogen) atoms. The lowest BCUT2D eigenvalue weighted by Crippen LogP contribution is -2.26. The number of benzene rings is 13. The smallest absolute Gasteiger partial charge is 0.0555 e. The summed E-state index contributed by atoms with van der Waals surface area (Å²) >= 11 is 0. The van der Waals surface area contributed by atoms with Gasteiger partial charge in [0.15, 0.2) is 0 Å². The van der Waals surface area contributed by atoms with E-state index in [2.05, 4.69) is 358 Å². The predicted octanol–water partition coefficient (Wildman–Crippen LogP) is 25.2. The van der Waals surface area contributed by atoms with Crippen molar-refractivity contribution in [1.29, 1.82) is 0 Å². The molecule has 0 saturated heterocycles. The molecule has 13 aromatic rings. The van der Waals surface area contributed by atoms with Crippen LogP contribution in [0, 0.1) is 0 Å². The zero-order valence-electron chi connectivity index (χ0n) is 56.0. The first-order valence-corrected chi connectivity index (χ1v) is 34.1. The first-order valence-electron chi connectivity index (χ1n) is 34.1. The molecule has 0 unspecified atom stereocenters. The Morgan fingerprint density at radius 1 is 0.179 bits per heavy atom. The summed E-state index contributed by atoms with van der Waals surface area (Å²) in [7, 11) is 0. The van der Waals surface area contributed by atoms with Gasteiger partial charge in [-0.3, -0.25) is 0 Å². The molecule has 13 aromatic carbocycles. The van der Waals surface area contributed by atoms with E-state index < -0.39 is 0 Å². The van der Waals surface area contributed by atoms with Crippen LogP contribution in [0.1, 0.15) is 125 Å². The lowest BCUT2D eigenvalue weighted by molar-refractivity contribution is 0.639. The van der Waals surface area contributed by atoms with Crippen LogP contribution in [-0.2, 0) is 27.1 Å². The summed E-state index contributed by atoms with van der Waals surface area (Å²) in [5.41, 5.74) is 39.8. The lowest BCUT2D eigenvalue weighted by atomic mass is 9.75. The number of hydrogen-bond acceptors (Lipinski definition) is 2. The molecule has 0 bridgehead atoms. The highest BCUT2D eigenvalue weighted by Gasteiger charge is 2.49. The molecule has 0 radical (unpaired) electrons. The van der Waals surface area contributed by atoms with Gasteiger partial charge in [-0.2, -0.15) is 0 Å². The fraction of sp³-hybridized carbons (Fsp3) is 0.161. The number of nitrogens with zero attached hydrogens (tertiary/aromatic N) is 2. The van der Waals surface area contributed by atoms with Gasteiger partial charge in [-0.1, -0.05) is 275 Å². The average molecular weight is 1220 g/mol. The number of anilines is 6. The zero-order chi connectivity index (χ0) is 64.7. The molecule has 0 aliphatic heterocycles. The van der Waals surface area contributed by atoms with Crippen molar-refractivity contribution in [3.05, 3.63) is 335 Å². The van der Waals surface area contributed by atoms with Crippen molar-refractivity contribution in [1.82, 2.24) is 0 Å². The molecule has 0 atom stereocenters. The topological polar surface area (TPSA) is 6.48 Å². The Bertz CT molecular complexity index is 5300. The molecule has 0 heterocycles. The maximum Gasteiger partial charge on any atom is 0.0555 e. The highest BCUT2D eigenvalue weighted by Crippen LogP contribution is 2.66. The van der Waals surface area contributed by atoms with Gasteiger partial charge in [0.05, 0.1) is 11.4 Å². The Hall–Kier alpha value is -10.5. The molecule has 18 rings (SSSR count). The van der Waals surface area contributed by atoms with Gasteiger partial charge < -0.3 is 9.80 Å². The fourth-order valence-electron chi connectivity index (χ4n) is 18.3. The van der Waals surface area contributed by atoms with Crippen molar-refractivity contribution < 1.29 is 0 Å². The van der Waals surface area contributed by atoms with Crippen LogP contribution < -0.4 is 9.80 Å². The Morgan fingerprint density at radius 2 is 0.495 bits per heavy atom. The molecule has 0 saturated carbocycles. The third-order valence-corrected chi connectivity index (χ3v) is 22.9. The van der Waals surface area contributed by atoms with Gasteiger partial charge >= 0.3 is 0 Å². The van der Waals surface area contributed by atoms with Crippen LogP contribution in [-0.4, -0.2) is 0 Å². The fourth-order valence-corrected chi connectivity index (χ4v) is 18.3. The maximum absolute atomic E-state index is 2.66. The minimum Gasteiger partial charge on any atom is -0.310 e. The normalized spacial score (nSPS) is 15.7. The Morgan fingerprint density at radius 3 is 1.01 bits per heavy atom. The first-order chi connectivity index (χ1) is 45.9. The van der Waals surface area contributed by atoms with Crippen LogP contribution in [0.5, 0.6) is 0 Å². The highest BCUT2D eigenvalue weighted by molar-refractivity contribution is 6.03. The summed E-state index contributed by atoms with van der Waals surface area (Å²) in [5.74, 6) is 0. The van der Waals surface area contributed by atoms with Gasteiger partial charge in [-0.05, 0) is 217 Å². The summed E-state index contributed by atoms with van der Waals surface area (Å²) in [6, 6.07) is 106. The van der Waals surface area contributed by atoms with Crippen molar-refractivity contribution in [2.45, 2.75) is 96.3 Å². The number of para-hydroxylation sites is 1. The number of hydrogen-bond donors (Lipinski definition) is 0. The quantitative estimate of drug-likeness (QED) is 0.142. The van der Waals surface area contributed by atoms with Crippen LogP contribution >= 0.6 is 0 Å². The monoisotopic (exact) mass is 1220 g/mol. The summed E-state index contributed by atoms with van der Waals surface area (Å²) in [4.78, 5) is 5.24. The van der Waals surface area contributed by atoms with E-state index in [1.165, 1.54) is 162 Å². The van der Waals surface area contributed by atoms with Gasteiger partial charge in [-0.15, -0.1) is 0 Å². The number of rotatable bonds is 9. The zero-order valence-corrected chi connectivity index (χ0v) is 56.0. The van der Waals surface area contributed by atoms with E-state index >= 15 is 0 Å². The van der Waals surface area contributed by atoms with Gasteiger partial charge in [0.25, 0.3) is 0 Å². The van der Waals surface area contributed by atoms with Gasteiger partial charge in [0.1, 0.15) is 0 Å². The second-order valence-corrected chi connectivity index (χ2v) is 30.0. The summed E-state index contributed by atoms with van der Waals surface area (Å²) in [6.07, 6.45) is 0. The van der Waals surface area contributed by atoms with Crippen molar-refractivity contribution in [3.63, 3.8) is 0 Å². The van der Waals surface area contributed by atoms with E-state index in [0.717, 1.165) is 17.1 Å². The summed E-state index contributed by atoms with van der Waals surface area (Å²) in [5, 5.41) is 0. The lowest BCUT2D eigenvalue weighted by Gasteiger charge is -2.37. The SMILES string of the molecule is CC1(C)c2ccccc2-c2ccc(N(c3ccc(-c4cccc(-c5ccc6c(c5)-c5cc7c(c(N(c8ccccc8)c8cccc(-c9ccccc9)c8)c5C6(C)C)C(C)(C)c5ccccc5-7)c4)cc3)c3c4c(cc5c3C(C)(C)c3ccccc3-5)-c3ccccc3C4(C)C)cc21. The minimum absolute atomic E-state index is 0.182. The van der Waals surface area contributed by atoms with Crippen LogP contribution in [0.2, 0.25) is 0 Å². The molecule has 0 aromatic heterocycles. The molecular weight excluding hydrogens is 1150 g/mol. The van der Waals surface area contributed by atoms with Crippen LogP contribution in [0.4, 0.5) is 34.1 Å². The third kappa shape index (κ3) is 8.10. The molecule has 0 fully saturated rings. The average Bonchev–Trinajstić information content (AvgIpc) is 1.54. The van der Waals surface area contributed by atoms with E-state index in [-0.39, 0.29) is 27.1 Å². The Labute approximate surface area is 560 Å². The maximum atomic E-state index is 2.66. The van der Waals surface area contributed by atoms with Crippen molar-refractivity contribution >= 4 is 34.1 Å². The minimum atomic E-state index is -0.347. The Balaban J connectivity index is 0.788. The van der Waals surface area contributed by atoms with E-state index in [1.807, 2.05) is 0 Å². The molecule has 0 spiro atoms. The standard InChI is InChI=1S/C93H76N2/c1-89(2)77-39-21-17-35-67(77)71-49-48-66(54-82(71)89)95(87-83-73(68-36-18-22-40-78(68)90(83,3)4)55-74-69-37-19-23-41-79(69)91(5,6)84(74)87)64-46-43-58(44-47-64)59-29-25-30-60(51-59)62-45-50-81-72(53-62)76-56-75-70-38-20-24-42-80(70)92(7,8)85(75)88(86(76)93(81,9)10)94(63-32-15-12-16-33-63)65-34-26-31-61(52-65)57-27-13-11-14-28-57/h11-56H,1-10H3. The molecule has 5 aliphatic rings. The second-order valence-electron chi connectivity index (χ2n) is 30.0. The molecule has 2 nitrogen and oxygen atoms in total. The highest BCUT2D eigenvalue weighted by atomic mass is 15.2. The van der Waals surface area contributed by atoms with Crippen LogP contribution in [0.15, 0.2) is 279 Å². The molecule has 0 N–H and O–H groups in total. The summed E-state index contributed by atoms with van der Waals surface area (Å²) < 4.78 is 0. The van der Waals surface area contributed by atoms with Crippen LogP contribution in [0.3, 0.4) is 0 Å². The predicted molar refractivity (Wildman–Crippen MR) is 400 cm³/mol. The molecule has 0 amide bonds. The molecule has 458 valence electrons. The van der Waals surface area contributed by atoms with Crippen molar-refractivity contribution in [2.24, 2.45) is 0 Å². The van der Waals surface area contributed by atoms with E-state index in [1.54, 1.807) is 0 Å². The molecular formula is C93H76N2. The van der Waals surface area contributed by atoms with E-state index in [4.69, 9.17) is 0 Å². The largest absolute Gasteiger partial charge is 0.310 e. The van der Waals surface area contributed by atoms with Gasteiger partial charge in [0, 0.05) is 49.8 Å². The summed E-state index contributed by atoms with van der Waals surface area (Å²) in [6.45, 7) is 24.4. The van der Waals surface area contributed by atoms with Gasteiger partial charge in [-0.25, -0.2) is 0 Å². The molecule has 2 heteroatoms. The van der Waals surface area contributed by atoms with Crippen LogP contribution in [0.25, 0.3) is 89.0 Å². The van der Waals surface area contributed by atoms with Gasteiger partial charge in [0.2, 0.25) is 0 Å². The third-order valence-electron chi connectivity index (χ3n) is 22.9. The molecule has 5 aliphatic carbocycles. The van der Waals surface area contributed by atoms with E-state index in [9.17, 15) is 0 Å². The second kappa shape index (κ2) is 20.2. The van der Waals surface area contributed by atoms with Crippen molar-refractivity contribution in [2.75, 3.05) is 9.80 Å². The first kappa shape index (κ1) is 57.2. The number of fused-ring (bicyclic) bond motifs is 15. The van der Waals surface area contributed by atoms with Crippen molar-refractivity contribution in [3.8, 4) is 89.0 Å². The van der Waals surface area contributed by atoms with E-state index in [0.29, 0.717) is 0 Å². The Kier molecular flexibility index (Phi) is 12.2.